The van der Waals surface area contributed by atoms with E-state index >= 15 is 0 Å². The van der Waals surface area contributed by atoms with Crippen LogP contribution in [-0.4, -0.2) is 28.4 Å². The molecule has 1 aromatic heterocycles. The average Bonchev–Trinajstić information content (AvgIpc) is 2.89. The smallest absolute Gasteiger partial charge is 0.138 e. The molecule has 4 nitrogen and oxygen atoms in total. The van der Waals surface area contributed by atoms with Crippen LogP contribution in [-0.2, 0) is 19.4 Å². The maximum atomic E-state index is 4.44. The fraction of sp³-hybridized carbons (Fsp3) is 0.529. The summed E-state index contributed by atoms with van der Waals surface area (Å²) in [6.45, 7) is 6.24. The zero-order chi connectivity index (χ0) is 15.1. The van der Waals surface area contributed by atoms with Crippen LogP contribution in [0.1, 0.15) is 30.3 Å². The predicted octanol–water partition coefficient (Wildman–Crippen LogP) is 2.62. The molecule has 0 amide bonds. The summed E-state index contributed by atoms with van der Waals surface area (Å²) in [5.74, 6) is 1.64. The van der Waals surface area contributed by atoms with Crippen molar-refractivity contribution in [2.45, 2.75) is 39.7 Å². The third kappa shape index (κ3) is 4.67. The predicted molar refractivity (Wildman–Crippen MR) is 86.3 cm³/mol. The van der Waals surface area contributed by atoms with Crippen LogP contribution < -0.4 is 5.32 Å². The average molecular weight is 286 g/mol. The molecule has 1 N–H and O–H groups in total. The molecular formula is C17H26N4. The van der Waals surface area contributed by atoms with Crippen LogP contribution in [0.4, 0.5) is 0 Å². The van der Waals surface area contributed by atoms with E-state index in [0.717, 1.165) is 38.2 Å². The molecule has 0 aliphatic carbocycles. The largest absolute Gasteiger partial charge is 0.319 e. The maximum absolute atomic E-state index is 4.44. The normalized spacial score (nSPS) is 12.5. The number of rotatable bonds is 8. The molecule has 1 aromatic carbocycles. The highest BCUT2D eigenvalue weighted by Crippen LogP contribution is 2.14. The summed E-state index contributed by atoms with van der Waals surface area (Å²) >= 11 is 0. The van der Waals surface area contributed by atoms with Gasteiger partial charge in [0.2, 0.25) is 0 Å². The lowest BCUT2D eigenvalue weighted by atomic mass is 9.95. The molecule has 0 saturated carbocycles. The number of aromatic nitrogens is 3. The van der Waals surface area contributed by atoms with E-state index in [4.69, 9.17) is 0 Å². The van der Waals surface area contributed by atoms with Crippen molar-refractivity contribution in [1.82, 2.24) is 20.1 Å². The van der Waals surface area contributed by atoms with E-state index < -0.39 is 0 Å². The fourth-order valence-electron chi connectivity index (χ4n) is 2.67. The first-order chi connectivity index (χ1) is 10.2. The second-order valence-electron chi connectivity index (χ2n) is 5.72. The Balaban J connectivity index is 2.04. The zero-order valence-electron chi connectivity index (χ0n) is 13.3. The van der Waals surface area contributed by atoms with E-state index in [1.54, 1.807) is 6.33 Å². The highest BCUT2D eigenvalue weighted by Gasteiger charge is 2.14. The summed E-state index contributed by atoms with van der Waals surface area (Å²) in [4.78, 5) is 4.44. The van der Waals surface area contributed by atoms with Crippen LogP contribution in [0.3, 0.4) is 0 Å². The van der Waals surface area contributed by atoms with Crippen LogP contribution in [0.25, 0.3) is 0 Å². The van der Waals surface area contributed by atoms with Crippen molar-refractivity contribution in [2.75, 3.05) is 13.6 Å². The van der Waals surface area contributed by atoms with Gasteiger partial charge in [-0.25, -0.2) is 4.98 Å². The van der Waals surface area contributed by atoms with Crippen LogP contribution >= 0.6 is 0 Å². The molecule has 0 radical (unpaired) electrons. The van der Waals surface area contributed by atoms with E-state index in [-0.39, 0.29) is 0 Å². The minimum absolute atomic E-state index is 0.539. The molecule has 21 heavy (non-hydrogen) atoms. The van der Waals surface area contributed by atoms with Gasteiger partial charge >= 0.3 is 0 Å². The third-order valence-corrected chi connectivity index (χ3v) is 3.74. The van der Waals surface area contributed by atoms with E-state index in [0.29, 0.717) is 5.92 Å². The first-order valence-corrected chi connectivity index (χ1v) is 7.79. The summed E-state index contributed by atoms with van der Waals surface area (Å²) in [5, 5.41) is 7.63. The van der Waals surface area contributed by atoms with Crippen molar-refractivity contribution in [3.05, 3.63) is 47.5 Å². The number of benzene rings is 1. The van der Waals surface area contributed by atoms with E-state index in [1.807, 2.05) is 11.7 Å². The minimum atomic E-state index is 0.539. The lowest BCUT2D eigenvalue weighted by molar-refractivity contribution is 0.458. The Labute approximate surface area is 127 Å². The van der Waals surface area contributed by atoms with Gasteiger partial charge in [0.15, 0.2) is 0 Å². The number of hydrogen-bond acceptors (Lipinski definition) is 3. The SMILES string of the molecule is CCCn1ncnc1CC(CNC)Cc1ccc(C)cc1. The lowest BCUT2D eigenvalue weighted by Crippen LogP contribution is -2.24. The molecule has 1 unspecified atom stereocenters. The van der Waals surface area contributed by atoms with Gasteiger partial charge in [-0.2, -0.15) is 5.10 Å². The Hall–Kier alpha value is -1.68. The van der Waals surface area contributed by atoms with Gasteiger partial charge in [-0.15, -0.1) is 0 Å². The van der Waals surface area contributed by atoms with Crippen molar-refractivity contribution < 1.29 is 0 Å². The van der Waals surface area contributed by atoms with Crippen molar-refractivity contribution in [1.29, 1.82) is 0 Å². The summed E-state index contributed by atoms with van der Waals surface area (Å²) in [7, 11) is 2.01. The highest BCUT2D eigenvalue weighted by molar-refractivity contribution is 5.21. The molecule has 2 aromatic rings. The molecule has 0 spiro atoms. The van der Waals surface area contributed by atoms with Crippen molar-refractivity contribution in [3.8, 4) is 0 Å². The van der Waals surface area contributed by atoms with Gasteiger partial charge in [0.1, 0.15) is 12.2 Å². The van der Waals surface area contributed by atoms with Gasteiger partial charge in [0, 0.05) is 13.0 Å². The van der Waals surface area contributed by atoms with Crippen molar-refractivity contribution >= 4 is 0 Å². The van der Waals surface area contributed by atoms with Crippen molar-refractivity contribution in [3.63, 3.8) is 0 Å². The molecule has 0 aliphatic rings. The number of aryl methyl sites for hydroxylation is 2. The second-order valence-corrected chi connectivity index (χ2v) is 5.72. The molecule has 0 saturated heterocycles. The third-order valence-electron chi connectivity index (χ3n) is 3.74. The van der Waals surface area contributed by atoms with Gasteiger partial charge < -0.3 is 5.32 Å². The molecule has 0 aliphatic heterocycles. The quantitative estimate of drug-likeness (QED) is 0.811. The molecule has 1 heterocycles. The Morgan fingerprint density at radius 1 is 1.19 bits per heavy atom. The van der Waals surface area contributed by atoms with E-state index in [9.17, 15) is 0 Å². The standard InChI is InChI=1S/C17H26N4/c1-4-9-21-17(19-13-20-21)11-16(12-18-3)10-15-7-5-14(2)6-8-15/h5-8,13,16,18H,4,9-12H2,1-3H3. The Bertz CT molecular complexity index is 530. The van der Waals surface area contributed by atoms with Gasteiger partial charge in [-0.1, -0.05) is 36.8 Å². The van der Waals surface area contributed by atoms with Gasteiger partial charge in [0.25, 0.3) is 0 Å². The Morgan fingerprint density at radius 2 is 1.95 bits per heavy atom. The second kappa shape index (κ2) is 7.93. The molecule has 114 valence electrons. The van der Waals surface area contributed by atoms with Crippen LogP contribution in [0, 0.1) is 12.8 Å². The first-order valence-electron chi connectivity index (χ1n) is 7.79. The molecule has 0 fully saturated rings. The van der Waals surface area contributed by atoms with Crippen molar-refractivity contribution in [2.24, 2.45) is 5.92 Å². The molecule has 0 bridgehead atoms. The summed E-state index contributed by atoms with van der Waals surface area (Å²) in [6, 6.07) is 8.83. The maximum Gasteiger partial charge on any atom is 0.138 e. The number of hydrogen-bond donors (Lipinski definition) is 1. The summed E-state index contributed by atoms with van der Waals surface area (Å²) < 4.78 is 2.04. The Morgan fingerprint density at radius 3 is 2.62 bits per heavy atom. The zero-order valence-corrected chi connectivity index (χ0v) is 13.3. The van der Waals surface area contributed by atoms with Crippen LogP contribution in [0.2, 0.25) is 0 Å². The van der Waals surface area contributed by atoms with E-state index in [2.05, 4.69) is 53.5 Å². The van der Waals surface area contributed by atoms with Gasteiger partial charge in [-0.05, 0) is 44.8 Å². The lowest BCUT2D eigenvalue weighted by Gasteiger charge is -2.17. The fourth-order valence-corrected chi connectivity index (χ4v) is 2.67. The topological polar surface area (TPSA) is 42.7 Å². The van der Waals surface area contributed by atoms with Crippen LogP contribution in [0.5, 0.6) is 0 Å². The van der Waals surface area contributed by atoms with Crippen LogP contribution in [0.15, 0.2) is 30.6 Å². The first kappa shape index (κ1) is 15.7. The highest BCUT2D eigenvalue weighted by atomic mass is 15.3. The minimum Gasteiger partial charge on any atom is -0.319 e. The Kier molecular flexibility index (Phi) is 5.93. The van der Waals surface area contributed by atoms with Gasteiger partial charge in [-0.3, -0.25) is 4.68 Å². The molecule has 2 rings (SSSR count). The summed E-state index contributed by atoms with van der Waals surface area (Å²) in [6.07, 6.45) is 4.80. The molecule has 4 heteroatoms. The molecule has 1 atom stereocenters. The molecular weight excluding hydrogens is 260 g/mol. The van der Waals surface area contributed by atoms with Gasteiger partial charge in [0.05, 0.1) is 0 Å². The number of nitrogens with one attached hydrogen (secondary N) is 1. The number of nitrogens with zero attached hydrogens (tertiary/aromatic N) is 3. The summed E-state index contributed by atoms with van der Waals surface area (Å²) in [5.41, 5.74) is 2.70. The monoisotopic (exact) mass is 286 g/mol. The van der Waals surface area contributed by atoms with E-state index in [1.165, 1.54) is 11.1 Å².